The van der Waals surface area contributed by atoms with Crippen molar-refractivity contribution in [2.75, 3.05) is 26.2 Å². The lowest BCUT2D eigenvalue weighted by molar-refractivity contribution is 0.441. The number of nitrogens with one attached hydrogen (secondary N) is 2. The molecule has 3 heteroatoms. The molecule has 1 saturated carbocycles. The van der Waals surface area contributed by atoms with Gasteiger partial charge in [0.05, 0.1) is 0 Å². The van der Waals surface area contributed by atoms with E-state index in [1.54, 1.807) is 0 Å². The maximum atomic E-state index is 5.63. The maximum Gasteiger partial charge on any atom is 0.00772 e. The molecule has 2 fully saturated rings. The molecule has 2 rings (SSSR count). The van der Waals surface area contributed by atoms with Crippen molar-refractivity contribution in [2.45, 2.75) is 38.1 Å². The Bertz CT molecular complexity index is 95.2. The molecule has 1 aliphatic carbocycles. The minimum atomic E-state index is 0.536. The molecule has 0 amide bonds. The molecule has 1 saturated heterocycles. The van der Waals surface area contributed by atoms with Gasteiger partial charge in [-0.05, 0) is 12.8 Å². The summed E-state index contributed by atoms with van der Waals surface area (Å²) < 4.78 is 0. The normalized spacial score (nSPS) is 24.7. The highest BCUT2D eigenvalue weighted by Gasteiger charge is 2.06. The van der Waals surface area contributed by atoms with Crippen molar-refractivity contribution < 1.29 is 0 Å². The van der Waals surface area contributed by atoms with Crippen LogP contribution in [0.3, 0.4) is 0 Å². The molecule has 13 heavy (non-hydrogen) atoms. The Morgan fingerprint density at radius 1 is 0.769 bits per heavy atom. The summed E-state index contributed by atoms with van der Waals surface area (Å²) in [7, 11) is 0. The Hall–Kier alpha value is -0.120. The molecule has 4 N–H and O–H groups in total. The van der Waals surface area contributed by atoms with Crippen LogP contribution in [-0.4, -0.2) is 32.2 Å². The van der Waals surface area contributed by atoms with Gasteiger partial charge in [-0.3, -0.25) is 0 Å². The third-order valence-electron chi connectivity index (χ3n) is 2.61. The van der Waals surface area contributed by atoms with E-state index in [0.717, 1.165) is 26.2 Å². The molecule has 1 heterocycles. The molecule has 0 unspecified atom stereocenters. The van der Waals surface area contributed by atoms with Crippen LogP contribution in [0.4, 0.5) is 0 Å². The lowest BCUT2D eigenvalue weighted by Crippen LogP contribution is -2.39. The first-order chi connectivity index (χ1) is 6.39. The fourth-order valence-electron chi connectivity index (χ4n) is 1.74. The summed E-state index contributed by atoms with van der Waals surface area (Å²) in [4.78, 5) is 0. The van der Waals surface area contributed by atoms with Gasteiger partial charge in [-0.15, -0.1) is 0 Å². The summed E-state index contributed by atoms with van der Waals surface area (Å²) >= 11 is 0. The number of hydrogen-bond donors (Lipinski definition) is 3. The Morgan fingerprint density at radius 2 is 1.23 bits per heavy atom. The van der Waals surface area contributed by atoms with E-state index in [2.05, 4.69) is 10.6 Å². The van der Waals surface area contributed by atoms with E-state index in [1.165, 1.54) is 32.1 Å². The van der Waals surface area contributed by atoms with Gasteiger partial charge in [-0.1, -0.05) is 19.3 Å². The fourth-order valence-corrected chi connectivity index (χ4v) is 1.74. The summed E-state index contributed by atoms with van der Waals surface area (Å²) in [6, 6.07) is 0.536. The Kier molecular flexibility index (Phi) is 6.15. The standard InChI is InChI=1S/C6H13N.C4H10N2/c7-6-4-2-1-3-5-6;1-2-6-4-3-5-1/h6H,1-5,7H2;5-6H,1-4H2. The van der Waals surface area contributed by atoms with Gasteiger partial charge in [0.1, 0.15) is 0 Å². The molecule has 1 aliphatic heterocycles. The number of piperazine rings is 1. The maximum absolute atomic E-state index is 5.63. The highest BCUT2D eigenvalue weighted by Crippen LogP contribution is 2.14. The summed E-state index contributed by atoms with van der Waals surface area (Å²) in [5, 5.41) is 6.44. The second kappa shape index (κ2) is 7.30. The van der Waals surface area contributed by atoms with E-state index in [1.807, 2.05) is 0 Å². The molecular formula is C10H23N3. The van der Waals surface area contributed by atoms with Gasteiger partial charge >= 0.3 is 0 Å². The third kappa shape index (κ3) is 6.02. The zero-order valence-electron chi connectivity index (χ0n) is 8.52. The first-order valence-corrected chi connectivity index (χ1v) is 5.56. The Labute approximate surface area is 81.5 Å². The third-order valence-corrected chi connectivity index (χ3v) is 2.61. The first kappa shape index (κ1) is 11.0. The van der Waals surface area contributed by atoms with Crippen molar-refractivity contribution in [2.24, 2.45) is 5.73 Å². The molecule has 0 aromatic heterocycles. The molecule has 0 atom stereocenters. The smallest absolute Gasteiger partial charge is 0.00772 e. The second-order valence-electron chi connectivity index (χ2n) is 3.90. The van der Waals surface area contributed by atoms with Gasteiger partial charge in [0.15, 0.2) is 0 Å². The minimum absolute atomic E-state index is 0.536. The zero-order chi connectivity index (χ0) is 9.36. The van der Waals surface area contributed by atoms with Gasteiger partial charge in [0.2, 0.25) is 0 Å². The topological polar surface area (TPSA) is 50.1 Å². The highest BCUT2D eigenvalue weighted by atomic mass is 15.0. The van der Waals surface area contributed by atoms with E-state index in [9.17, 15) is 0 Å². The van der Waals surface area contributed by atoms with Crippen molar-refractivity contribution in [1.29, 1.82) is 0 Å². The SMILES string of the molecule is C1CNCCN1.NC1CCCCC1. The number of rotatable bonds is 0. The van der Waals surface area contributed by atoms with Crippen LogP contribution < -0.4 is 16.4 Å². The van der Waals surface area contributed by atoms with Gasteiger partial charge in [-0.2, -0.15) is 0 Å². The Morgan fingerprint density at radius 3 is 1.46 bits per heavy atom. The van der Waals surface area contributed by atoms with E-state index in [-0.39, 0.29) is 0 Å². The van der Waals surface area contributed by atoms with Crippen LogP contribution in [0.1, 0.15) is 32.1 Å². The van der Waals surface area contributed by atoms with Crippen LogP contribution >= 0.6 is 0 Å². The van der Waals surface area contributed by atoms with E-state index in [0.29, 0.717) is 6.04 Å². The quantitative estimate of drug-likeness (QED) is 0.514. The van der Waals surface area contributed by atoms with Crippen LogP contribution in [0, 0.1) is 0 Å². The average molecular weight is 185 g/mol. The molecule has 0 radical (unpaired) electrons. The molecule has 2 aliphatic rings. The lowest BCUT2D eigenvalue weighted by atomic mass is 9.97. The predicted molar refractivity (Wildman–Crippen MR) is 56.8 cm³/mol. The van der Waals surface area contributed by atoms with Crippen LogP contribution in [0.15, 0.2) is 0 Å². The van der Waals surface area contributed by atoms with E-state index >= 15 is 0 Å². The first-order valence-electron chi connectivity index (χ1n) is 5.56. The average Bonchev–Trinajstić information content (AvgIpc) is 2.22. The molecule has 3 nitrogen and oxygen atoms in total. The second-order valence-corrected chi connectivity index (χ2v) is 3.90. The lowest BCUT2D eigenvalue weighted by Gasteiger charge is -2.15. The number of nitrogens with two attached hydrogens (primary N) is 1. The van der Waals surface area contributed by atoms with E-state index in [4.69, 9.17) is 5.73 Å². The molecule has 0 spiro atoms. The monoisotopic (exact) mass is 185 g/mol. The molecule has 78 valence electrons. The minimum Gasteiger partial charge on any atom is -0.328 e. The summed E-state index contributed by atoms with van der Waals surface area (Å²) in [6.07, 6.45) is 6.66. The molecule has 0 aromatic rings. The van der Waals surface area contributed by atoms with Crippen molar-refractivity contribution in [3.63, 3.8) is 0 Å². The molecule has 0 aromatic carbocycles. The van der Waals surface area contributed by atoms with Gasteiger partial charge in [0, 0.05) is 32.2 Å². The van der Waals surface area contributed by atoms with Crippen LogP contribution in [0.5, 0.6) is 0 Å². The summed E-state index contributed by atoms with van der Waals surface area (Å²) in [6.45, 7) is 4.56. The fraction of sp³-hybridized carbons (Fsp3) is 1.00. The van der Waals surface area contributed by atoms with Crippen molar-refractivity contribution in [3.8, 4) is 0 Å². The zero-order valence-corrected chi connectivity index (χ0v) is 8.52. The summed E-state index contributed by atoms with van der Waals surface area (Å²) in [5.74, 6) is 0. The van der Waals surface area contributed by atoms with E-state index < -0.39 is 0 Å². The van der Waals surface area contributed by atoms with Crippen LogP contribution in [0.2, 0.25) is 0 Å². The van der Waals surface area contributed by atoms with Crippen molar-refractivity contribution in [3.05, 3.63) is 0 Å². The molecule has 0 bridgehead atoms. The van der Waals surface area contributed by atoms with Gasteiger partial charge in [-0.25, -0.2) is 0 Å². The van der Waals surface area contributed by atoms with Crippen molar-refractivity contribution >= 4 is 0 Å². The highest BCUT2D eigenvalue weighted by molar-refractivity contribution is 4.66. The molecular weight excluding hydrogens is 162 g/mol. The van der Waals surface area contributed by atoms with Crippen molar-refractivity contribution in [1.82, 2.24) is 10.6 Å². The van der Waals surface area contributed by atoms with Crippen LogP contribution in [0.25, 0.3) is 0 Å². The largest absolute Gasteiger partial charge is 0.328 e. The Balaban J connectivity index is 0.000000132. The summed E-state index contributed by atoms with van der Waals surface area (Å²) in [5.41, 5.74) is 5.63. The predicted octanol–water partition coefficient (Wildman–Crippen LogP) is 0.457. The van der Waals surface area contributed by atoms with Gasteiger partial charge < -0.3 is 16.4 Å². The number of hydrogen-bond acceptors (Lipinski definition) is 3. The van der Waals surface area contributed by atoms with Gasteiger partial charge in [0.25, 0.3) is 0 Å². The van der Waals surface area contributed by atoms with Crippen LogP contribution in [-0.2, 0) is 0 Å².